The Bertz CT molecular complexity index is 776. The fourth-order valence-corrected chi connectivity index (χ4v) is 2.24. The van der Waals surface area contributed by atoms with Crippen molar-refractivity contribution in [3.8, 4) is 11.8 Å². The van der Waals surface area contributed by atoms with Gasteiger partial charge >= 0.3 is 0 Å². The number of carbonyl (C=O) groups is 1. The number of rotatable bonds is 7. The van der Waals surface area contributed by atoms with Crippen molar-refractivity contribution < 1.29 is 9.53 Å². The van der Waals surface area contributed by atoms with Gasteiger partial charge in [0.05, 0.1) is 17.8 Å². The molecule has 0 heterocycles. The summed E-state index contributed by atoms with van der Waals surface area (Å²) in [7, 11) is 0. The average molecular weight is 335 g/mol. The highest BCUT2D eigenvalue weighted by Gasteiger charge is 2.10. The summed E-state index contributed by atoms with van der Waals surface area (Å²) < 4.78 is 5.63. The minimum absolute atomic E-state index is 0.0990. The topological polar surface area (TPSA) is 74.5 Å². The number of para-hydroxylation sites is 1. The predicted octanol–water partition coefficient (Wildman–Crippen LogP) is 3.60. The molecule has 0 aromatic heterocycles. The fourth-order valence-electron chi connectivity index (χ4n) is 2.24. The van der Waals surface area contributed by atoms with Gasteiger partial charge in [-0.15, -0.1) is 0 Å². The highest BCUT2D eigenvalue weighted by molar-refractivity contribution is 5.83. The Kier molecular flexibility index (Phi) is 6.73. The van der Waals surface area contributed by atoms with Crippen LogP contribution in [-0.4, -0.2) is 18.7 Å². The maximum Gasteiger partial charge on any atom is 0.277 e. The number of benzene rings is 2. The Morgan fingerprint density at radius 1 is 1.28 bits per heavy atom. The second-order valence-electron chi connectivity index (χ2n) is 5.66. The molecule has 2 rings (SSSR count). The quantitative estimate of drug-likeness (QED) is 0.620. The highest BCUT2D eigenvalue weighted by atomic mass is 16.5. The fraction of sp³-hybridized carbons (Fsp3) is 0.250. The zero-order valence-corrected chi connectivity index (χ0v) is 14.4. The number of nitrogens with one attached hydrogen (secondary N) is 1. The molecule has 5 nitrogen and oxygen atoms in total. The summed E-state index contributed by atoms with van der Waals surface area (Å²) in [5.74, 6) is 0.764. The number of hydrazone groups is 1. The molecule has 0 aliphatic rings. The molecule has 1 N–H and O–H groups in total. The third-order valence-corrected chi connectivity index (χ3v) is 3.86. The molecule has 0 radical (unpaired) electrons. The van der Waals surface area contributed by atoms with E-state index in [0.717, 1.165) is 23.3 Å². The lowest BCUT2D eigenvalue weighted by Gasteiger charge is -2.15. The largest absolute Gasteiger partial charge is 0.483 e. The Morgan fingerprint density at radius 2 is 2.00 bits per heavy atom. The number of amides is 1. The number of ether oxygens (including phenoxy) is 1. The van der Waals surface area contributed by atoms with Crippen LogP contribution in [0.5, 0.6) is 5.75 Å². The molecule has 128 valence electrons. The molecule has 25 heavy (non-hydrogen) atoms. The lowest BCUT2D eigenvalue weighted by molar-refractivity contribution is -0.123. The zero-order valence-electron chi connectivity index (χ0n) is 14.4. The van der Waals surface area contributed by atoms with Crippen LogP contribution >= 0.6 is 0 Å². The second kappa shape index (κ2) is 9.24. The number of hydrogen-bond donors (Lipinski definition) is 1. The third-order valence-electron chi connectivity index (χ3n) is 3.86. The van der Waals surface area contributed by atoms with Crippen molar-refractivity contribution in [2.24, 2.45) is 5.10 Å². The maximum absolute atomic E-state index is 11.9. The van der Waals surface area contributed by atoms with E-state index in [1.165, 1.54) is 6.21 Å². The van der Waals surface area contributed by atoms with Gasteiger partial charge in [0.25, 0.3) is 5.91 Å². The van der Waals surface area contributed by atoms with Crippen molar-refractivity contribution in [2.75, 3.05) is 6.61 Å². The van der Waals surface area contributed by atoms with Gasteiger partial charge in [-0.25, -0.2) is 5.43 Å². The van der Waals surface area contributed by atoms with Crippen molar-refractivity contribution in [2.45, 2.75) is 26.2 Å². The van der Waals surface area contributed by atoms with Crippen molar-refractivity contribution in [3.63, 3.8) is 0 Å². The van der Waals surface area contributed by atoms with Crippen LogP contribution in [0.4, 0.5) is 0 Å². The van der Waals surface area contributed by atoms with E-state index < -0.39 is 0 Å². The van der Waals surface area contributed by atoms with E-state index in [1.807, 2.05) is 30.3 Å². The molecule has 2 aromatic rings. The normalized spacial score (nSPS) is 11.7. The van der Waals surface area contributed by atoms with Gasteiger partial charge in [-0.1, -0.05) is 44.2 Å². The van der Waals surface area contributed by atoms with Gasteiger partial charge in [-0.05, 0) is 41.7 Å². The van der Waals surface area contributed by atoms with Crippen LogP contribution in [0.2, 0.25) is 0 Å². The SMILES string of the molecule is CCC(C)c1ccccc1OCC(=O)NN=Cc1ccc(C#N)cc1. The van der Waals surface area contributed by atoms with E-state index in [9.17, 15) is 4.79 Å². The number of hydrogen-bond acceptors (Lipinski definition) is 4. The second-order valence-corrected chi connectivity index (χ2v) is 5.66. The molecule has 0 fully saturated rings. The first-order chi connectivity index (χ1) is 12.1. The molecule has 0 saturated carbocycles. The predicted molar refractivity (Wildman–Crippen MR) is 97.5 cm³/mol. The number of nitrogens with zero attached hydrogens (tertiary/aromatic N) is 2. The molecule has 2 aromatic carbocycles. The van der Waals surface area contributed by atoms with Crippen LogP contribution in [-0.2, 0) is 4.79 Å². The van der Waals surface area contributed by atoms with Crippen LogP contribution in [0.15, 0.2) is 53.6 Å². The van der Waals surface area contributed by atoms with E-state index in [1.54, 1.807) is 24.3 Å². The van der Waals surface area contributed by atoms with Crippen LogP contribution < -0.4 is 10.2 Å². The Balaban J connectivity index is 1.87. The van der Waals surface area contributed by atoms with Crippen molar-refractivity contribution in [1.82, 2.24) is 5.43 Å². The van der Waals surface area contributed by atoms with Crippen molar-refractivity contribution in [1.29, 1.82) is 5.26 Å². The summed E-state index contributed by atoms with van der Waals surface area (Å²) in [5, 5.41) is 12.6. The van der Waals surface area contributed by atoms with Gasteiger partial charge < -0.3 is 4.74 Å². The number of nitriles is 1. The molecule has 1 atom stereocenters. The third kappa shape index (κ3) is 5.47. The van der Waals surface area contributed by atoms with E-state index in [2.05, 4.69) is 24.4 Å². The van der Waals surface area contributed by atoms with Gasteiger partial charge in [0, 0.05) is 0 Å². The minimum Gasteiger partial charge on any atom is -0.483 e. The van der Waals surface area contributed by atoms with Crippen LogP contribution in [0.3, 0.4) is 0 Å². The molecule has 0 bridgehead atoms. The van der Waals surface area contributed by atoms with Gasteiger partial charge in [0.2, 0.25) is 0 Å². The Hall–Kier alpha value is -3.13. The molecule has 0 aliphatic carbocycles. The van der Waals surface area contributed by atoms with Crippen molar-refractivity contribution in [3.05, 3.63) is 65.2 Å². The smallest absolute Gasteiger partial charge is 0.277 e. The zero-order chi connectivity index (χ0) is 18.1. The van der Waals surface area contributed by atoms with E-state index in [4.69, 9.17) is 10.00 Å². The summed E-state index contributed by atoms with van der Waals surface area (Å²) >= 11 is 0. The maximum atomic E-state index is 11.9. The lowest BCUT2D eigenvalue weighted by atomic mass is 9.98. The first-order valence-electron chi connectivity index (χ1n) is 8.17. The van der Waals surface area contributed by atoms with Gasteiger partial charge in [0.15, 0.2) is 6.61 Å². The molecule has 0 saturated heterocycles. The first kappa shape index (κ1) is 18.2. The molecule has 0 aliphatic heterocycles. The standard InChI is InChI=1S/C20H21N3O2/c1-3-15(2)18-6-4-5-7-19(18)25-14-20(24)23-22-13-17-10-8-16(12-21)9-11-17/h4-11,13,15H,3,14H2,1-2H3,(H,23,24). The monoisotopic (exact) mass is 335 g/mol. The Labute approximate surface area is 147 Å². The van der Waals surface area contributed by atoms with Gasteiger partial charge in [-0.3, -0.25) is 4.79 Å². The van der Waals surface area contributed by atoms with Crippen LogP contribution in [0.1, 0.15) is 42.9 Å². The summed E-state index contributed by atoms with van der Waals surface area (Å²) in [5.41, 5.74) is 4.90. The van der Waals surface area contributed by atoms with E-state index in [-0.39, 0.29) is 12.5 Å². The van der Waals surface area contributed by atoms with E-state index >= 15 is 0 Å². The summed E-state index contributed by atoms with van der Waals surface area (Å²) in [4.78, 5) is 11.9. The summed E-state index contributed by atoms with van der Waals surface area (Å²) in [6.45, 7) is 4.15. The van der Waals surface area contributed by atoms with Crippen molar-refractivity contribution >= 4 is 12.1 Å². The molecule has 0 spiro atoms. The molecule has 1 unspecified atom stereocenters. The molecule has 5 heteroatoms. The van der Waals surface area contributed by atoms with Crippen LogP contribution in [0.25, 0.3) is 0 Å². The Morgan fingerprint density at radius 3 is 2.68 bits per heavy atom. The lowest BCUT2D eigenvalue weighted by Crippen LogP contribution is -2.24. The average Bonchev–Trinajstić information content (AvgIpc) is 2.66. The molecule has 1 amide bonds. The molecular weight excluding hydrogens is 314 g/mol. The van der Waals surface area contributed by atoms with E-state index in [0.29, 0.717) is 11.5 Å². The highest BCUT2D eigenvalue weighted by Crippen LogP contribution is 2.28. The summed E-state index contributed by atoms with van der Waals surface area (Å²) in [6.07, 6.45) is 2.52. The number of carbonyl (C=O) groups excluding carboxylic acids is 1. The molecular formula is C20H21N3O2. The van der Waals surface area contributed by atoms with Gasteiger partial charge in [-0.2, -0.15) is 10.4 Å². The van der Waals surface area contributed by atoms with Crippen LogP contribution in [0, 0.1) is 11.3 Å². The first-order valence-corrected chi connectivity index (χ1v) is 8.17. The minimum atomic E-state index is -0.330. The summed E-state index contributed by atoms with van der Waals surface area (Å²) in [6, 6.07) is 16.7. The van der Waals surface area contributed by atoms with Gasteiger partial charge in [0.1, 0.15) is 5.75 Å².